The highest BCUT2D eigenvalue weighted by atomic mass is 32.2. The molecule has 0 radical (unpaired) electrons. The Bertz CT molecular complexity index is 1100. The van der Waals surface area contributed by atoms with Crippen molar-refractivity contribution in [3.63, 3.8) is 0 Å². The van der Waals surface area contributed by atoms with E-state index in [-0.39, 0.29) is 22.6 Å². The summed E-state index contributed by atoms with van der Waals surface area (Å²) in [6, 6.07) is 11.5. The molecule has 0 unspecified atom stereocenters. The Morgan fingerprint density at radius 2 is 1.81 bits per heavy atom. The van der Waals surface area contributed by atoms with Crippen molar-refractivity contribution in [2.45, 2.75) is 24.8 Å². The quantitative estimate of drug-likeness (QED) is 0.722. The molecule has 0 saturated carbocycles. The van der Waals surface area contributed by atoms with Crippen LogP contribution in [-0.4, -0.2) is 27.7 Å². The normalized spacial score (nSPS) is 12.7. The van der Waals surface area contributed by atoms with Crippen LogP contribution < -0.4 is 10.1 Å². The number of aryl methyl sites for hydroxylation is 1. The van der Waals surface area contributed by atoms with E-state index in [1.54, 1.807) is 31.4 Å². The smallest absolute Gasteiger partial charge is 0.287 e. The van der Waals surface area contributed by atoms with Gasteiger partial charge < -0.3 is 14.5 Å². The van der Waals surface area contributed by atoms with Crippen molar-refractivity contribution >= 4 is 26.7 Å². The van der Waals surface area contributed by atoms with Gasteiger partial charge >= 0.3 is 0 Å². The van der Waals surface area contributed by atoms with Crippen molar-refractivity contribution < 1.29 is 22.4 Å². The Labute approximate surface area is 158 Å². The molecule has 1 heterocycles. The highest BCUT2D eigenvalue weighted by Gasteiger charge is 2.20. The number of nitrogens with one attached hydrogen (secondary N) is 1. The van der Waals surface area contributed by atoms with Crippen LogP contribution in [0.1, 0.15) is 34.6 Å². The van der Waals surface area contributed by atoms with Crippen LogP contribution >= 0.6 is 0 Å². The maximum absolute atomic E-state index is 12.7. The average molecular weight is 387 g/mol. The van der Waals surface area contributed by atoms with Crippen LogP contribution in [0.4, 0.5) is 0 Å². The highest BCUT2D eigenvalue weighted by Crippen LogP contribution is 2.29. The Morgan fingerprint density at radius 1 is 1.15 bits per heavy atom. The molecule has 2 aromatic carbocycles. The van der Waals surface area contributed by atoms with Gasteiger partial charge in [0.25, 0.3) is 5.91 Å². The van der Waals surface area contributed by atoms with E-state index in [0.29, 0.717) is 11.3 Å². The molecule has 142 valence electrons. The Kier molecular flexibility index (Phi) is 4.97. The van der Waals surface area contributed by atoms with Crippen molar-refractivity contribution in [3.8, 4) is 5.75 Å². The van der Waals surface area contributed by atoms with Gasteiger partial charge in [-0.15, -0.1) is 0 Å². The number of carbonyl (C=O) groups is 1. The number of carbonyl (C=O) groups excluding carboxylic acids is 1. The zero-order valence-electron chi connectivity index (χ0n) is 15.6. The van der Waals surface area contributed by atoms with Crippen LogP contribution in [0.25, 0.3) is 11.0 Å². The zero-order valence-corrected chi connectivity index (χ0v) is 16.4. The van der Waals surface area contributed by atoms with Crippen LogP contribution in [0.2, 0.25) is 0 Å². The topological polar surface area (TPSA) is 85.6 Å². The molecular formula is C20H21NO5S. The van der Waals surface area contributed by atoms with Crippen LogP contribution in [-0.2, 0) is 9.84 Å². The third-order valence-corrected chi connectivity index (χ3v) is 5.63. The molecule has 0 fully saturated rings. The Morgan fingerprint density at radius 3 is 2.41 bits per heavy atom. The van der Waals surface area contributed by atoms with Crippen LogP contribution in [0.5, 0.6) is 5.75 Å². The average Bonchev–Trinajstić information content (AvgIpc) is 2.97. The van der Waals surface area contributed by atoms with Gasteiger partial charge in [-0.1, -0.05) is 12.1 Å². The van der Waals surface area contributed by atoms with E-state index in [0.717, 1.165) is 22.8 Å². The molecule has 0 aliphatic carbocycles. The van der Waals surface area contributed by atoms with E-state index in [9.17, 15) is 13.2 Å². The molecule has 1 amide bonds. The van der Waals surface area contributed by atoms with E-state index >= 15 is 0 Å². The first-order chi connectivity index (χ1) is 12.7. The number of hydrogen-bond donors (Lipinski definition) is 1. The Balaban J connectivity index is 1.82. The van der Waals surface area contributed by atoms with E-state index in [4.69, 9.17) is 9.15 Å². The lowest BCUT2D eigenvalue weighted by molar-refractivity contribution is 0.0913. The minimum atomic E-state index is -3.25. The maximum atomic E-state index is 12.7. The third kappa shape index (κ3) is 3.83. The molecule has 6 nitrogen and oxygen atoms in total. The predicted molar refractivity (Wildman–Crippen MR) is 103 cm³/mol. The van der Waals surface area contributed by atoms with Gasteiger partial charge in [-0.3, -0.25) is 4.79 Å². The van der Waals surface area contributed by atoms with Gasteiger partial charge in [0.2, 0.25) is 0 Å². The van der Waals surface area contributed by atoms with Gasteiger partial charge in [0.05, 0.1) is 18.0 Å². The molecule has 3 aromatic rings. The summed E-state index contributed by atoms with van der Waals surface area (Å²) in [6.07, 6.45) is 1.16. The van der Waals surface area contributed by atoms with Gasteiger partial charge in [-0.05, 0) is 49.7 Å². The second-order valence-corrected chi connectivity index (χ2v) is 8.47. The molecule has 7 heteroatoms. The number of rotatable bonds is 5. The number of sulfone groups is 1. The van der Waals surface area contributed by atoms with Crippen LogP contribution in [0.3, 0.4) is 0 Å². The molecule has 0 spiro atoms. The second-order valence-electron chi connectivity index (χ2n) is 6.45. The molecule has 0 saturated heterocycles. The SMILES string of the molecule is COc1ccc2oc(C(=O)N[C@H](C)c3ccc(S(C)(=O)=O)cc3)c(C)c2c1. The molecule has 1 atom stereocenters. The first-order valence-corrected chi connectivity index (χ1v) is 10.3. The van der Waals surface area contributed by atoms with E-state index in [2.05, 4.69) is 5.32 Å². The number of amides is 1. The van der Waals surface area contributed by atoms with Crippen molar-refractivity contribution in [1.29, 1.82) is 0 Å². The highest BCUT2D eigenvalue weighted by molar-refractivity contribution is 7.90. The van der Waals surface area contributed by atoms with E-state index in [1.165, 1.54) is 12.1 Å². The molecule has 3 rings (SSSR count). The fourth-order valence-electron chi connectivity index (χ4n) is 2.89. The summed E-state index contributed by atoms with van der Waals surface area (Å²) in [5.74, 6) is 0.609. The summed E-state index contributed by atoms with van der Waals surface area (Å²) in [4.78, 5) is 12.9. The first-order valence-electron chi connectivity index (χ1n) is 8.38. The van der Waals surface area contributed by atoms with Gasteiger partial charge in [-0.25, -0.2) is 8.42 Å². The van der Waals surface area contributed by atoms with Crippen LogP contribution in [0, 0.1) is 6.92 Å². The fraction of sp³-hybridized carbons (Fsp3) is 0.250. The van der Waals surface area contributed by atoms with Crippen LogP contribution in [0.15, 0.2) is 51.8 Å². The standard InChI is InChI=1S/C20H21NO5S/c1-12-17-11-15(25-3)7-10-18(17)26-19(12)20(22)21-13(2)14-5-8-16(9-6-14)27(4,23)24/h5-11,13H,1-4H3,(H,21,22)/t13-/m1/s1. The van der Waals surface area contributed by atoms with Crippen molar-refractivity contribution in [3.05, 3.63) is 59.4 Å². The molecule has 27 heavy (non-hydrogen) atoms. The molecule has 0 aliphatic heterocycles. The largest absolute Gasteiger partial charge is 0.497 e. The molecule has 1 N–H and O–H groups in total. The summed E-state index contributed by atoms with van der Waals surface area (Å²) in [5, 5.41) is 3.71. The maximum Gasteiger partial charge on any atom is 0.287 e. The number of methoxy groups -OCH3 is 1. The second kappa shape index (κ2) is 7.08. The number of benzene rings is 2. The van der Waals surface area contributed by atoms with Gasteiger partial charge in [0, 0.05) is 17.2 Å². The minimum absolute atomic E-state index is 0.242. The number of furan rings is 1. The summed E-state index contributed by atoms with van der Waals surface area (Å²) in [5.41, 5.74) is 2.15. The molecule has 0 bridgehead atoms. The number of hydrogen-bond acceptors (Lipinski definition) is 5. The zero-order chi connectivity index (χ0) is 19.8. The third-order valence-electron chi connectivity index (χ3n) is 4.51. The lowest BCUT2D eigenvalue weighted by Crippen LogP contribution is -2.26. The Hall–Kier alpha value is -2.80. The van der Waals surface area contributed by atoms with Crippen molar-refractivity contribution in [2.75, 3.05) is 13.4 Å². The van der Waals surface area contributed by atoms with Crippen molar-refractivity contribution in [1.82, 2.24) is 5.32 Å². The van der Waals surface area contributed by atoms with E-state index in [1.807, 2.05) is 19.9 Å². The number of fused-ring (bicyclic) bond motifs is 1. The first kappa shape index (κ1) is 19.0. The van der Waals surface area contributed by atoms with Gasteiger partial charge in [0.1, 0.15) is 11.3 Å². The molecular weight excluding hydrogens is 366 g/mol. The monoisotopic (exact) mass is 387 g/mol. The van der Waals surface area contributed by atoms with Crippen molar-refractivity contribution in [2.24, 2.45) is 0 Å². The molecule has 0 aliphatic rings. The lowest BCUT2D eigenvalue weighted by atomic mass is 10.1. The fourth-order valence-corrected chi connectivity index (χ4v) is 3.52. The minimum Gasteiger partial charge on any atom is -0.497 e. The van der Waals surface area contributed by atoms with E-state index < -0.39 is 9.84 Å². The van der Waals surface area contributed by atoms with Gasteiger partial charge in [0.15, 0.2) is 15.6 Å². The summed E-state index contributed by atoms with van der Waals surface area (Å²) >= 11 is 0. The summed E-state index contributed by atoms with van der Waals surface area (Å²) < 4.78 is 34.0. The molecule has 1 aromatic heterocycles. The number of ether oxygens (including phenoxy) is 1. The van der Waals surface area contributed by atoms with Gasteiger partial charge in [-0.2, -0.15) is 0 Å². The lowest BCUT2D eigenvalue weighted by Gasteiger charge is -2.14. The predicted octanol–water partition coefficient (Wildman–Crippen LogP) is 3.64. The summed E-state index contributed by atoms with van der Waals surface area (Å²) in [6.45, 7) is 3.65. The summed E-state index contributed by atoms with van der Waals surface area (Å²) in [7, 11) is -1.67.